The van der Waals surface area contributed by atoms with E-state index in [1.165, 1.54) is 6.08 Å². The number of hydrogen-bond acceptors (Lipinski definition) is 4. The fourth-order valence-electron chi connectivity index (χ4n) is 2.53. The Balaban J connectivity index is 2.05. The Kier molecular flexibility index (Phi) is 7.16. The molecule has 1 aromatic carbocycles. The van der Waals surface area contributed by atoms with Crippen molar-refractivity contribution in [2.75, 3.05) is 0 Å². The number of furan rings is 1. The molecule has 0 saturated carbocycles. The molecule has 3 amide bonds. The smallest absolute Gasteiger partial charge is 0.327 e. The van der Waals surface area contributed by atoms with Crippen LogP contribution in [0.2, 0.25) is 0 Å². The lowest BCUT2D eigenvalue weighted by atomic mass is 10.1. The Morgan fingerprint density at radius 2 is 1.85 bits per heavy atom. The summed E-state index contributed by atoms with van der Waals surface area (Å²) in [4.78, 5) is 35.1. The van der Waals surface area contributed by atoms with E-state index in [-0.39, 0.29) is 6.04 Å². The molecule has 2 rings (SSSR count). The van der Waals surface area contributed by atoms with Gasteiger partial charge in [-0.25, -0.2) is 0 Å². The number of nitrogens with one attached hydrogen (secondary N) is 3. The number of hydrogen-bond donors (Lipinski definition) is 3. The summed E-state index contributed by atoms with van der Waals surface area (Å²) in [5, 5.41) is 3.36. The molecule has 0 atom stereocenters. The van der Waals surface area contributed by atoms with Crippen LogP contribution < -0.4 is 16.2 Å². The highest BCUT2D eigenvalue weighted by molar-refractivity contribution is 6.35. The summed E-state index contributed by atoms with van der Waals surface area (Å²) in [6.07, 6.45) is 5.75. The van der Waals surface area contributed by atoms with Crippen LogP contribution in [0, 0.1) is 0 Å². The van der Waals surface area contributed by atoms with Crippen LogP contribution in [0.15, 0.2) is 34.8 Å². The second-order valence-electron chi connectivity index (χ2n) is 6.44. The van der Waals surface area contributed by atoms with E-state index in [0.717, 1.165) is 41.6 Å². The number of carbonyl (C=O) groups excluding carboxylic acids is 3. The minimum atomic E-state index is -0.928. The highest BCUT2D eigenvalue weighted by Gasteiger charge is 2.15. The molecule has 0 aliphatic carbocycles. The van der Waals surface area contributed by atoms with Crippen molar-refractivity contribution in [2.24, 2.45) is 0 Å². The summed E-state index contributed by atoms with van der Waals surface area (Å²) >= 11 is 0. The lowest BCUT2D eigenvalue weighted by Gasteiger charge is -2.08. The van der Waals surface area contributed by atoms with Crippen LogP contribution in [0.4, 0.5) is 0 Å². The first-order valence-corrected chi connectivity index (χ1v) is 9.01. The monoisotopic (exact) mass is 371 g/mol. The maximum absolute atomic E-state index is 12.0. The van der Waals surface area contributed by atoms with Crippen molar-refractivity contribution in [3.63, 3.8) is 0 Å². The number of aryl methyl sites for hydroxylation is 1. The molecule has 0 unspecified atom stereocenters. The third-order valence-corrected chi connectivity index (χ3v) is 3.79. The van der Waals surface area contributed by atoms with E-state index in [2.05, 4.69) is 23.1 Å². The Bertz CT molecular complexity index is 852. The summed E-state index contributed by atoms with van der Waals surface area (Å²) in [6.45, 7) is 5.57. The highest BCUT2D eigenvalue weighted by atomic mass is 16.3. The standard InChI is InChI=1S/C20H25N3O4/c1-4-5-9-16-15(14-8-6-7-10-17(14)27-16)11-12-18(24)22-23-20(26)19(25)21-13(2)3/h6-8,10-13H,4-5,9H2,1-3H3,(H,21,25)(H,22,24)(H,23,26)/b12-11+. The van der Waals surface area contributed by atoms with E-state index >= 15 is 0 Å². The zero-order valence-electron chi connectivity index (χ0n) is 15.8. The van der Waals surface area contributed by atoms with Crippen molar-refractivity contribution in [3.05, 3.63) is 41.7 Å². The molecule has 27 heavy (non-hydrogen) atoms. The van der Waals surface area contributed by atoms with Crippen LogP contribution in [0.25, 0.3) is 17.0 Å². The van der Waals surface area contributed by atoms with Gasteiger partial charge in [0.25, 0.3) is 5.91 Å². The fourth-order valence-corrected chi connectivity index (χ4v) is 2.53. The second kappa shape index (κ2) is 9.56. The van der Waals surface area contributed by atoms with Crippen molar-refractivity contribution >= 4 is 34.8 Å². The molecule has 7 heteroatoms. The minimum absolute atomic E-state index is 0.172. The quantitative estimate of drug-likeness (QED) is 0.412. The predicted molar refractivity (Wildman–Crippen MR) is 103 cm³/mol. The van der Waals surface area contributed by atoms with Gasteiger partial charge in [-0.15, -0.1) is 0 Å². The summed E-state index contributed by atoms with van der Waals surface area (Å²) < 4.78 is 5.89. The predicted octanol–water partition coefficient (Wildman–Crippen LogP) is 2.46. The maximum atomic E-state index is 12.0. The summed E-state index contributed by atoms with van der Waals surface area (Å²) in [6, 6.07) is 7.45. The fraction of sp³-hybridized carbons (Fsp3) is 0.350. The lowest BCUT2D eigenvalue weighted by Crippen LogP contribution is -2.49. The summed E-state index contributed by atoms with van der Waals surface area (Å²) in [5.41, 5.74) is 5.88. The Morgan fingerprint density at radius 1 is 1.11 bits per heavy atom. The van der Waals surface area contributed by atoms with Gasteiger partial charge in [-0.1, -0.05) is 31.5 Å². The van der Waals surface area contributed by atoms with E-state index in [9.17, 15) is 14.4 Å². The van der Waals surface area contributed by atoms with Crippen molar-refractivity contribution in [1.29, 1.82) is 0 Å². The number of benzene rings is 1. The Hall–Kier alpha value is -3.09. The van der Waals surface area contributed by atoms with Crippen LogP contribution in [0.3, 0.4) is 0 Å². The lowest BCUT2D eigenvalue weighted by molar-refractivity contribution is -0.140. The zero-order valence-corrected chi connectivity index (χ0v) is 15.8. The van der Waals surface area contributed by atoms with Gasteiger partial charge >= 0.3 is 11.8 Å². The normalized spacial score (nSPS) is 11.1. The maximum Gasteiger partial charge on any atom is 0.327 e. The van der Waals surface area contributed by atoms with Crippen LogP contribution >= 0.6 is 0 Å². The first kappa shape index (κ1) is 20.2. The van der Waals surface area contributed by atoms with Crippen LogP contribution in [-0.4, -0.2) is 23.8 Å². The Labute approximate surface area is 158 Å². The minimum Gasteiger partial charge on any atom is -0.460 e. The molecule has 0 aliphatic heterocycles. The van der Waals surface area contributed by atoms with E-state index in [0.29, 0.717) is 0 Å². The molecule has 0 saturated heterocycles. The number of unbranched alkanes of at least 4 members (excludes halogenated alkanes) is 1. The molecule has 0 spiro atoms. The largest absolute Gasteiger partial charge is 0.460 e. The number of rotatable bonds is 6. The molecule has 0 radical (unpaired) electrons. The number of para-hydroxylation sites is 1. The molecular formula is C20H25N3O4. The molecule has 1 heterocycles. The topological polar surface area (TPSA) is 100 Å². The van der Waals surface area contributed by atoms with Crippen molar-refractivity contribution in [2.45, 2.75) is 46.1 Å². The third kappa shape index (κ3) is 5.70. The third-order valence-electron chi connectivity index (χ3n) is 3.79. The second-order valence-corrected chi connectivity index (χ2v) is 6.44. The van der Waals surface area contributed by atoms with Crippen LogP contribution in [0.5, 0.6) is 0 Å². The molecule has 0 aliphatic rings. The van der Waals surface area contributed by atoms with E-state index < -0.39 is 17.7 Å². The number of hydrazine groups is 1. The van der Waals surface area contributed by atoms with Crippen molar-refractivity contribution < 1.29 is 18.8 Å². The number of amides is 3. The first-order valence-electron chi connectivity index (χ1n) is 9.01. The highest BCUT2D eigenvalue weighted by Crippen LogP contribution is 2.28. The number of carbonyl (C=O) groups is 3. The van der Waals surface area contributed by atoms with Gasteiger partial charge in [-0.2, -0.15) is 0 Å². The van der Waals surface area contributed by atoms with Crippen LogP contribution in [0.1, 0.15) is 44.9 Å². The van der Waals surface area contributed by atoms with Gasteiger partial charge in [-0.3, -0.25) is 25.2 Å². The van der Waals surface area contributed by atoms with Crippen LogP contribution in [-0.2, 0) is 20.8 Å². The molecular weight excluding hydrogens is 346 g/mol. The molecule has 7 nitrogen and oxygen atoms in total. The van der Waals surface area contributed by atoms with Gasteiger partial charge in [-0.05, 0) is 32.4 Å². The van der Waals surface area contributed by atoms with E-state index in [1.807, 2.05) is 24.3 Å². The van der Waals surface area contributed by atoms with Crippen molar-refractivity contribution in [3.8, 4) is 0 Å². The van der Waals surface area contributed by atoms with Gasteiger partial charge in [0.15, 0.2) is 0 Å². The van der Waals surface area contributed by atoms with Gasteiger partial charge in [0, 0.05) is 29.5 Å². The summed E-state index contributed by atoms with van der Waals surface area (Å²) in [7, 11) is 0. The summed E-state index contributed by atoms with van der Waals surface area (Å²) in [5.74, 6) is -1.46. The van der Waals surface area contributed by atoms with Gasteiger partial charge in [0.05, 0.1) is 0 Å². The molecule has 144 valence electrons. The zero-order chi connectivity index (χ0) is 19.8. The van der Waals surface area contributed by atoms with E-state index in [1.54, 1.807) is 19.9 Å². The van der Waals surface area contributed by atoms with Crippen molar-refractivity contribution in [1.82, 2.24) is 16.2 Å². The average Bonchev–Trinajstić information content (AvgIpc) is 2.99. The number of fused-ring (bicyclic) bond motifs is 1. The SMILES string of the molecule is CCCCc1oc2ccccc2c1/C=C/C(=O)NNC(=O)C(=O)NC(C)C. The van der Waals surface area contributed by atoms with Gasteiger partial charge < -0.3 is 9.73 Å². The molecule has 2 aromatic rings. The average molecular weight is 371 g/mol. The molecule has 3 N–H and O–H groups in total. The Morgan fingerprint density at radius 3 is 2.56 bits per heavy atom. The van der Waals surface area contributed by atoms with E-state index in [4.69, 9.17) is 4.42 Å². The molecule has 0 bridgehead atoms. The molecule has 1 aromatic heterocycles. The molecule has 0 fully saturated rings. The first-order chi connectivity index (χ1) is 12.9. The van der Waals surface area contributed by atoms with Gasteiger partial charge in [0.2, 0.25) is 0 Å². The van der Waals surface area contributed by atoms with Gasteiger partial charge in [0.1, 0.15) is 11.3 Å².